The Morgan fingerprint density at radius 2 is 1.90 bits per heavy atom. The number of benzene rings is 1. The minimum absolute atomic E-state index is 0.637. The Morgan fingerprint density at radius 1 is 1.30 bits per heavy atom. The third kappa shape index (κ3) is 3.70. The minimum atomic E-state index is 0.637. The van der Waals surface area contributed by atoms with Crippen LogP contribution >= 0.6 is 11.8 Å². The molecule has 0 heterocycles. The van der Waals surface area contributed by atoms with Crippen LogP contribution in [0.15, 0.2) is 23.7 Å². The lowest BCUT2D eigenvalue weighted by molar-refractivity contribution is 0.355. The Balaban J connectivity index is 3.15. The molecule has 0 aromatic heterocycles. The van der Waals surface area contributed by atoms with Crippen molar-refractivity contribution in [2.24, 2.45) is 4.99 Å². The molecule has 1 aromatic rings. The molecule has 0 atom stereocenters. The van der Waals surface area contributed by atoms with Gasteiger partial charge in [0, 0.05) is 36.7 Å². The fraction of sp³-hybridized carbons (Fsp3) is 0.400. The first-order chi connectivity index (χ1) is 9.58. The second-order valence-corrected chi connectivity index (χ2v) is 5.23. The topological polar surface area (TPSA) is 34.1 Å². The molecule has 20 heavy (non-hydrogen) atoms. The molecule has 0 unspecified atom stereocenters. The standard InChI is InChI=1S/C15H22N2O2S/c1-11(17(3)7-8-20-6)12-9-14(18-4)15(19-5)10-13(12)16-2/h9-10H,1-2,7-8H2,3-6H3. The van der Waals surface area contributed by atoms with Crippen LogP contribution in [0.5, 0.6) is 11.5 Å². The van der Waals surface area contributed by atoms with Crippen molar-refractivity contribution in [2.75, 3.05) is 39.8 Å². The summed E-state index contributed by atoms with van der Waals surface area (Å²) in [7, 11) is 5.23. The summed E-state index contributed by atoms with van der Waals surface area (Å²) in [6, 6.07) is 3.70. The number of methoxy groups -OCH3 is 2. The number of ether oxygens (including phenoxy) is 2. The molecule has 0 saturated carbocycles. The maximum atomic E-state index is 5.34. The minimum Gasteiger partial charge on any atom is -0.493 e. The molecule has 0 fully saturated rings. The van der Waals surface area contributed by atoms with Crippen LogP contribution in [0.3, 0.4) is 0 Å². The van der Waals surface area contributed by atoms with E-state index in [4.69, 9.17) is 9.47 Å². The normalized spacial score (nSPS) is 10.0. The van der Waals surface area contributed by atoms with Gasteiger partial charge in [0.25, 0.3) is 0 Å². The van der Waals surface area contributed by atoms with Crippen molar-refractivity contribution in [1.82, 2.24) is 4.90 Å². The summed E-state index contributed by atoms with van der Waals surface area (Å²) >= 11 is 1.80. The molecule has 110 valence electrons. The van der Waals surface area contributed by atoms with Gasteiger partial charge < -0.3 is 14.4 Å². The first kappa shape index (κ1) is 16.4. The average Bonchev–Trinajstić information content (AvgIpc) is 2.50. The third-order valence-corrected chi connectivity index (χ3v) is 3.67. The van der Waals surface area contributed by atoms with Gasteiger partial charge in [0.05, 0.1) is 19.9 Å². The fourth-order valence-corrected chi connectivity index (χ4v) is 2.26. The van der Waals surface area contributed by atoms with Crippen LogP contribution in [0.2, 0.25) is 0 Å². The van der Waals surface area contributed by atoms with Gasteiger partial charge in [0.15, 0.2) is 11.5 Å². The molecule has 0 spiro atoms. The highest BCUT2D eigenvalue weighted by molar-refractivity contribution is 7.98. The molecule has 4 nitrogen and oxygen atoms in total. The van der Waals surface area contributed by atoms with Crippen molar-refractivity contribution in [3.8, 4) is 11.5 Å². The van der Waals surface area contributed by atoms with E-state index in [0.29, 0.717) is 11.5 Å². The molecule has 0 saturated heterocycles. The predicted octanol–water partition coefficient (Wildman–Crippen LogP) is 3.30. The molecular formula is C15H22N2O2S. The van der Waals surface area contributed by atoms with E-state index >= 15 is 0 Å². The van der Waals surface area contributed by atoms with E-state index in [1.165, 1.54) is 0 Å². The zero-order chi connectivity index (χ0) is 15.1. The molecular weight excluding hydrogens is 272 g/mol. The quantitative estimate of drug-likeness (QED) is 0.689. The van der Waals surface area contributed by atoms with Crippen LogP contribution in [-0.4, -0.2) is 51.4 Å². The van der Waals surface area contributed by atoms with Crippen LogP contribution in [0.4, 0.5) is 5.69 Å². The zero-order valence-corrected chi connectivity index (χ0v) is 13.4. The summed E-state index contributed by atoms with van der Waals surface area (Å²) in [5, 5.41) is 0. The van der Waals surface area contributed by atoms with Crippen molar-refractivity contribution >= 4 is 29.9 Å². The van der Waals surface area contributed by atoms with Crippen molar-refractivity contribution in [3.63, 3.8) is 0 Å². The molecule has 0 aliphatic rings. The molecule has 0 aliphatic carbocycles. The second-order valence-electron chi connectivity index (χ2n) is 4.24. The van der Waals surface area contributed by atoms with Crippen LogP contribution in [0.25, 0.3) is 5.70 Å². The van der Waals surface area contributed by atoms with E-state index in [0.717, 1.165) is 29.2 Å². The van der Waals surface area contributed by atoms with Crippen LogP contribution < -0.4 is 9.47 Å². The molecule has 1 aromatic carbocycles. The smallest absolute Gasteiger partial charge is 0.162 e. The first-order valence-electron chi connectivity index (χ1n) is 6.21. The molecule has 0 bridgehead atoms. The highest BCUT2D eigenvalue weighted by atomic mass is 32.2. The van der Waals surface area contributed by atoms with Gasteiger partial charge in [-0.05, 0) is 19.0 Å². The lowest BCUT2D eigenvalue weighted by atomic mass is 10.1. The Labute approximate surface area is 125 Å². The first-order valence-corrected chi connectivity index (χ1v) is 7.60. The van der Waals surface area contributed by atoms with Crippen LogP contribution in [0, 0.1) is 0 Å². The lowest BCUT2D eigenvalue weighted by Crippen LogP contribution is -2.19. The SMILES string of the molecule is C=Nc1cc(OC)c(OC)cc1C(=C)N(C)CCSC. The molecule has 0 aliphatic heterocycles. The predicted molar refractivity (Wildman–Crippen MR) is 88.8 cm³/mol. The number of thioether (sulfide) groups is 1. The number of hydrogen-bond donors (Lipinski definition) is 0. The summed E-state index contributed by atoms with van der Waals surface area (Å²) in [6.07, 6.45) is 2.09. The Morgan fingerprint density at radius 3 is 2.40 bits per heavy atom. The second kappa shape index (κ2) is 7.85. The van der Waals surface area contributed by atoms with Gasteiger partial charge in [-0.3, -0.25) is 4.99 Å². The van der Waals surface area contributed by atoms with Crippen molar-refractivity contribution < 1.29 is 9.47 Å². The zero-order valence-electron chi connectivity index (χ0n) is 12.6. The highest BCUT2D eigenvalue weighted by Gasteiger charge is 2.14. The fourth-order valence-electron chi connectivity index (χ4n) is 1.80. The van der Waals surface area contributed by atoms with Crippen molar-refractivity contribution in [1.29, 1.82) is 0 Å². The Bertz CT molecular complexity index is 489. The van der Waals surface area contributed by atoms with Crippen LogP contribution in [-0.2, 0) is 0 Å². The number of hydrogen-bond acceptors (Lipinski definition) is 5. The maximum Gasteiger partial charge on any atom is 0.162 e. The van der Waals surface area contributed by atoms with Gasteiger partial charge in [0.2, 0.25) is 0 Å². The average molecular weight is 294 g/mol. The Hall–Kier alpha value is -1.62. The summed E-state index contributed by atoms with van der Waals surface area (Å²) in [4.78, 5) is 6.16. The number of rotatable bonds is 8. The monoisotopic (exact) mass is 294 g/mol. The molecule has 5 heteroatoms. The van der Waals surface area contributed by atoms with Gasteiger partial charge in [-0.25, -0.2) is 0 Å². The van der Waals surface area contributed by atoms with E-state index in [-0.39, 0.29) is 0 Å². The lowest BCUT2D eigenvalue weighted by Gasteiger charge is -2.23. The largest absolute Gasteiger partial charge is 0.493 e. The van der Waals surface area contributed by atoms with E-state index in [9.17, 15) is 0 Å². The van der Waals surface area contributed by atoms with E-state index in [1.54, 1.807) is 26.0 Å². The molecule has 0 amide bonds. The molecule has 0 N–H and O–H groups in total. The van der Waals surface area contributed by atoms with Crippen molar-refractivity contribution in [3.05, 3.63) is 24.3 Å². The molecule has 1 rings (SSSR count). The highest BCUT2D eigenvalue weighted by Crippen LogP contribution is 2.38. The summed E-state index contributed by atoms with van der Waals surface area (Å²) in [6.45, 7) is 8.69. The maximum absolute atomic E-state index is 5.34. The van der Waals surface area contributed by atoms with Gasteiger partial charge in [-0.1, -0.05) is 6.58 Å². The van der Waals surface area contributed by atoms with E-state index in [2.05, 4.69) is 29.4 Å². The van der Waals surface area contributed by atoms with E-state index in [1.807, 2.05) is 19.2 Å². The van der Waals surface area contributed by atoms with Gasteiger partial charge in [0.1, 0.15) is 0 Å². The summed E-state index contributed by atoms with van der Waals surface area (Å²) < 4.78 is 10.6. The number of nitrogens with zero attached hydrogens (tertiary/aromatic N) is 2. The van der Waals surface area contributed by atoms with Gasteiger partial charge >= 0.3 is 0 Å². The van der Waals surface area contributed by atoms with Crippen LogP contribution in [0.1, 0.15) is 5.56 Å². The van der Waals surface area contributed by atoms with Crippen molar-refractivity contribution in [2.45, 2.75) is 0 Å². The summed E-state index contributed by atoms with van der Waals surface area (Å²) in [5.41, 5.74) is 2.53. The van der Waals surface area contributed by atoms with Gasteiger partial charge in [-0.2, -0.15) is 11.8 Å². The van der Waals surface area contributed by atoms with E-state index < -0.39 is 0 Å². The number of aliphatic imine (C=N–C) groups is 1. The summed E-state index contributed by atoms with van der Waals surface area (Å²) in [5.74, 6) is 2.34. The third-order valence-electron chi connectivity index (χ3n) is 3.07. The molecule has 0 radical (unpaired) electrons. The Kier molecular flexibility index (Phi) is 6.45. The van der Waals surface area contributed by atoms with Gasteiger partial charge in [-0.15, -0.1) is 0 Å².